The number of nitrogen functional groups attached to an aromatic ring is 1. The highest BCUT2D eigenvalue weighted by Gasteiger charge is 2.29. The van der Waals surface area contributed by atoms with Crippen molar-refractivity contribution in [3.63, 3.8) is 0 Å². The Labute approximate surface area is 161 Å². The molecule has 1 aliphatic carbocycles. The summed E-state index contributed by atoms with van der Waals surface area (Å²) in [5.74, 6) is 10.2. The fourth-order valence-electron chi connectivity index (χ4n) is 2.55. The summed E-state index contributed by atoms with van der Waals surface area (Å²) in [6.07, 6.45) is 2.27. The van der Waals surface area contributed by atoms with Crippen LogP contribution in [0.15, 0.2) is 33.8 Å². The molecule has 0 atom stereocenters. The topological polar surface area (TPSA) is 105 Å². The molecule has 0 unspecified atom stereocenters. The zero-order valence-electron chi connectivity index (χ0n) is 15.3. The first-order chi connectivity index (χ1) is 13.1. The Kier molecular flexibility index (Phi) is 5.02. The van der Waals surface area contributed by atoms with E-state index in [0.29, 0.717) is 34.5 Å². The average molecular weight is 386 g/mol. The highest BCUT2D eigenvalue weighted by Crippen LogP contribution is 2.39. The third-order valence-corrected chi connectivity index (χ3v) is 5.31. The molecule has 142 valence electrons. The summed E-state index contributed by atoms with van der Waals surface area (Å²) in [4.78, 5) is 0. The van der Waals surface area contributed by atoms with Crippen LogP contribution in [0, 0.1) is 0 Å². The summed E-state index contributed by atoms with van der Waals surface area (Å²) in [6.45, 7) is 4.57. The van der Waals surface area contributed by atoms with Crippen LogP contribution in [0.5, 0.6) is 5.75 Å². The van der Waals surface area contributed by atoms with Crippen LogP contribution in [0.3, 0.4) is 0 Å². The van der Waals surface area contributed by atoms with Crippen molar-refractivity contribution in [1.82, 2.24) is 25.1 Å². The van der Waals surface area contributed by atoms with Crippen LogP contribution < -0.4 is 10.6 Å². The van der Waals surface area contributed by atoms with Gasteiger partial charge in [0.2, 0.25) is 16.9 Å². The molecule has 2 heterocycles. The first-order valence-electron chi connectivity index (χ1n) is 8.97. The van der Waals surface area contributed by atoms with Gasteiger partial charge in [-0.05, 0) is 36.5 Å². The van der Waals surface area contributed by atoms with Crippen molar-refractivity contribution in [3.8, 4) is 5.75 Å². The molecule has 0 spiro atoms. The fraction of sp³-hybridized carbons (Fsp3) is 0.444. The zero-order valence-corrected chi connectivity index (χ0v) is 16.1. The van der Waals surface area contributed by atoms with Crippen LogP contribution in [0.4, 0.5) is 0 Å². The Morgan fingerprint density at radius 2 is 1.96 bits per heavy atom. The molecule has 0 bridgehead atoms. The fourth-order valence-corrected chi connectivity index (χ4v) is 3.26. The maximum atomic E-state index is 6.08. The highest BCUT2D eigenvalue weighted by molar-refractivity contribution is 7.98. The lowest BCUT2D eigenvalue weighted by molar-refractivity contribution is 0.291. The summed E-state index contributed by atoms with van der Waals surface area (Å²) in [5.41, 5.74) is 1.27. The van der Waals surface area contributed by atoms with Crippen molar-refractivity contribution in [2.45, 2.75) is 56.0 Å². The van der Waals surface area contributed by atoms with Crippen LogP contribution in [0.25, 0.3) is 0 Å². The van der Waals surface area contributed by atoms with Crippen molar-refractivity contribution in [2.75, 3.05) is 5.84 Å². The van der Waals surface area contributed by atoms with Crippen molar-refractivity contribution in [3.05, 3.63) is 47.4 Å². The van der Waals surface area contributed by atoms with E-state index >= 15 is 0 Å². The van der Waals surface area contributed by atoms with Gasteiger partial charge in [-0.25, -0.2) is 4.68 Å². The average Bonchev–Trinajstić information content (AvgIpc) is 3.31. The largest absolute Gasteiger partial charge is 0.486 e. The summed E-state index contributed by atoms with van der Waals surface area (Å²) in [5, 5.41) is 16.9. The zero-order chi connectivity index (χ0) is 18.8. The standard InChI is InChI=1S/C18H22N6O2S/c1-11(2)12-5-7-14(8-6-12)25-9-15-20-23-18(24(15)19)27-10-16-21-22-17(26-16)13-3-4-13/h5-8,11,13H,3-4,9-10,19H2,1-2H3. The number of thioether (sulfide) groups is 1. The van der Waals surface area contributed by atoms with Gasteiger partial charge in [0.05, 0.1) is 5.75 Å². The maximum Gasteiger partial charge on any atom is 0.226 e. The van der Waals surface area contributed by atoms with E-state index < -0.39 is 0 Å². The first kappa shape index (κ1) is 17.8. The molecule has 27 heavy (non-hydrogen) atoms. The number of aromatic nitrogens is 5. The molecule has 8 nitrogen and oxygen atoms in total. The van der Waals surface area contributed by atoms with Gasteiger partial charge in [-0.2, -0.15) is 0 Å². The van der Waals surface area contributed by atoms with Gasteiger partial charge in [-0.3, -0.25) is 0 Å². The lowest BCUT2D eigenvalue weighted by atomic mass is 10.0. The van der Waals surface area contributed by atoms with Crippen molar-refractivity contribution in [1.29, 1.82) is 0 Å². The van der Waals surface area contributed by atoms with Crippen LogP contribution in [0.2, 0.25) is 0 Å². The third-order valence-electron chi connectivity index (χ3n) is 4.38. The lowest BCUT2D eigenvalue weighted by Crippen LogP contribution is -2.15. The van der Waals surface area contributed by atoms with Crippen molar-refractivity contribution in [2.24, 2.45) is 0 Å². The van der Waals surface area contributed by atoms with Gasteiger partial charge in [0.15, 0.2) is 5.82 Å². The monoisotopic (exact) mass is 386 g/mol. The molecule has 9 heteroatoms. The van der Waals surface area contributed by atoms with Gasteiger partial charge in [0.25, 0.3) is 0 Å². The van der Waals surface area contributed by atoms with Gasteiger partial charge in [0.1, 0.15) is 12.4 Å². The van der Waals surface area contributed by atoms with Gasteiger partial charge in [-0.15, -0.1) is 20.4 Å². The van der Waals surface area contributed by atoms with Gasteiger partial charge in [-0.1, -0.05) is 37.7 Å². The predicted octanol–water partition coefficient (Wildman–Crippen LogP) is 3.25. The number of rotatable bonds is 8. The number of nitrogens with zero attached hydrogens (tertiary/aromatic N) is 5. The Balaban J connectivity index is 1.32. The molecule has 2 N–H and O–H groups in total. The van der Waals surface area contributed by atoms with E-state index in [1.165, 1.54) is 22.0 Å². The first-order valence-corrected chi connectivity index (χ1v) is 9.96. The summed E-state index contributed by atoms with van der Waals surface area (Å²) in [6, 6.07) is 8.04. The molecule has 0 radical (unpaired) electrons. The molecule has 1 aliphatic rings. The molecular weight excluding hydrogens is 364 g/mol. The van der Waals surface area contributed by atoms with Crippen LogP contribution in [-0.4, -0.2) is 25.1 Å². The quantitative estimate of drug-likeness (QED) is 0.465. The molecule has 3 aromatic rings. The maximum absolute atomic E-state index is 6.08. The second kappa shape index (κ2) is 7.59. The van der Waals surface area contributed by atoms with Gasteiger partial charge in [0, 0.05) is 5.92 Å². The van der Waals surface area contributed by atoms with Crippen LogP contribution in [-0.2, 0) is 12.4 Å². The van der Waals surface area contributed by atoms with Gasteiger partial charge >= 0.3 is 0 Å². The molecule has 4 rings (SSSR count). The van der Waals surface area contributed by atoms with Crippen LogP contribution >= 0.6 is 11.8 Å². The van der Waals surface area contributed by atoms with Crippen molar-refractivity contribution >= 4 is 11.8 Å². The molecule has 0 aliphatic heterocycles. The van der Waals surface area contributed by atoms with E-state index in [9.17, 15) is 0 Å². The Morgan fingerprint density at radius 1 is 1.19 bits per heavy atom. The van der Waals surface area contributed by atoms with Gasteiger partial charge < -0.3 is 15.0 Å². The molecule has 1 fully saturated rings. The number of ether oxygens (including phenoxy) is 1. The molecular formula is C18H22N6O2S. The minimum atomic E-state index is 0.247. The molecule has 2 aromatic heterocycles. The molecule has 0 saturated heterocycles. The SMILES string of the molecule is CC(C)c1ccc(OCc2nnc(SCc3nnc(C4CC4)o3)n2N)cc1. The Bertz CT molecular complexity index is 901. The Hall–Kier alpha value is -2.55. The van der Waals surface area contributed by atoms with E-state index in [4.69, 9.17) is 15.0 Å². The normalized spacial score (nSPS) is 14.0. The Morgan fingerprint density at radius 3 is 2.67 bits per heavy atom. The second-order valence-electron chi connectivity index (χ2n) is 6.88. The molecule has 0 amide bonds. The predicted molar refractivity (Wildman–Crippen MR) is 101 cm³/mol. The van der Waals surface area contributed by atoms with Crippen LogP contribution in [0.1, 0.15) is 61.7 Å². The third kappa shape index (κ3) is 4.24. The summed E-state index contributed by atoms with van der Waals surface area (Å²) < 4.78 is 12.8. The summed E-state index contributed by atoms with van der Waals surface area (Å²) >= 11 is 1.41. The van der Waals surface area contributed by atoms with E-state index in [-0.39, 0.29) is 6.61 Å². The summed E-state index contributed by atoms with van der Waals surface area (Å²) in [7, 11) is 0. The minimum absolute atomic E-state index is 0.247. The second-order valence-corrected chi connectivity index (χ2v) is 7.82. The number of benzene rings is 1. The van der Waals surface area contributed by atoms with E-state index in [1.807, 2.05) is 12.1 Å². The minimum Gasteiger partial charge on any atom is -0.486 e. The smallest absolute Gasteiger partial charge is 0.226 e. The van der Waals surface area contributed by atoms with E-state index in [0.717, 1.165) is 24.5 Å². The lowest BCUT2D eigenvalue weighted by Gasteiger charge is -2.08. The number of hydrogen-bond donors (Lipinski definition) is 1. The molecule has 1 aromatic carbocycles. The van der Waals surface area contributed by atoms with Crippen molar-refractivity contribution < 1.29 is 9.15 Å². The van der Waals surface area contributed by atoms with E-state index in [2.05, 4.69) is 46.4 Å². The van der Waals surface area contributed by atoms with E-state index in [1.54, 1.807) is 0 Å². The number of hydrogen-bond acceptors (Lipinski definition) is 8. The molecule has 1 saturated carbocycles. The highest BCUT2D eigenvalue weighted by atomic mass is 32.2. The number of nitrogens with two attached hydrogens (primary N) is 1.